The van der Waals surface area contributed by atoms with Gasteiger partial charge in [0.1, 0.15) is 0 Å². The van der Waals surface area contributed by atoms with Crippen molar-refractivity contribution in [2.24, 2.45) is 0 Å². The molecule has 2 N–H and O–H groups in total. The van der Waals surface area contributed by atoms with Gasteiger partial charge in [0.2, 0.25) is 0 Å². The summed E-state index contributed by atoms with van der Waals surface area (Å²) in [4.78, 5) is 14.4. The zero-order chi connectivity index (χ0) is 20.3. The predicted octanol–water partition coefficient (Wildman–Crippen LogP) is 3.89. The van der Waals surface area contributed by atoms with Gasteiger partial charge in [-0.15, -0.1) is 0 Å². The molecule has 0 atom stereocenters. The maximum Gasteiger partial charge on any atom is 0.315 e. The minimum atomic E-state index is -0.149. The molecule has 2 aromatic rings. The molecule has 5 nitrogen and oxygen atoms in total. The van der Waals surface area contributed by atoms with Crippen molar-refractivity contribution in [1.29, 1.82) is 5.26 Å². The molecular weight excluding hydrogens is 380 g/mol. The number of nitrogens with zero attached hydrogens (tertiary/aromatic N) is 2. The first kappa shape index (κ1) is 21.2. The molecule has 0 aromatic heterocycles. The van der Waals surface area contributed by atoms with Crippen molar-refractivity contribution in [2.75, 3.05) is 25.4 Å². The van der Waals surface area contributed by atoms with Crippen LogP contribution in [0.25, 0.3) is 0 Å². The van der Waals surface area contributed by atoms with Crippen molar-refractivity contribution in [1.82, 2.24) is 15.5 Å². The van der Waals surface area contributed by atoms with Crippen molar-refractivity contribution >= 4 is 17.8 Å². The number of carbonyl (C=O) groups excluding carboxylic acids is 1. The summed E-state index contributed by atoms with van der Waals surface area (Å²) in [5.41, 5.74) is 4.19. The topological polar surface area (TPSA) is 68.2 Å². The van der Waals surface area contributed by atoms with E-state index in [1.54, 1.807) is 11.8 Å². The van der Waals surface area contributed by atoms with E-state index in [4.69, 9.17) is 5.26 Å². The highest BCUT2D eigenvalue weighted by Gasteiger charge is 2.11. The molecule has 1 aliphatic rings. The van der Waals surface area contributed by atoms with Crippen LogP contribution in [0.1, 0.15) is 35.1 Å². The van der Waals surface area contributed by atoms with E-state index in [9.17, 15) is 4.79 Å². The van der Waals surface area contributed by atoms with Gasteiger partial charge in [-0.25, -0.2) is 4.79 Å². The van der Waals surface area contributed by atoms with Gasteiger partial charge in [-0.05, 0) is 48.7 Å². The second kappa shape index (κ2) is 11.5. The Morgan fingerprint density at radius 2 is 1.76 bits per heavy atom. The first-order valence-electron chi connectivity index (χ1n) is 10.1. The molecule has 29 heavy (non-hydrogen) atoms. The molecule has 3 rings (SSSR count). The van der Waals surface area contributed by atoms with Gasteiger partial charge < -0.3 is 10.6 Å². The normalized spacial score (nSPS) is 13.8. The van der Waals surface area contributed by atoms with Crippen LogP contribution in [0.5, 0.6) is 0 Å². The quantitative estimate of drug-likeness (QED) is 0.618. The van der Waals surface area contributed by atoms with E-state index in [0.717, 1.165) is 34.7 Å². The number of benzene rings is 2. The summed E-state index contributed by atoms with van der Waals surface area (Å²) in [6, 6.07) is 18.2. The van der Waals surface area contributed by atoms with Crippen LogP contribution >= 0.6 is 11.8 Å². The number of urea groups is 1. The summed E-state index contributed by atoms with van der Waals surface area (Å²) in [5, 5.41) is 14.9. The van der Waals surface area contributed by atoms with Crippen LogP contribution in [0.2, 0.25) is 0 Å². The van der Waals surface area contributed by atoms with Crippen LogP contribution < -0.4 is 10.6 Å². The average Bonchev–Trinajstić information content (AvgIpc) is 3.26. The summed E-state index contributed by atoms with van der Waals surface area (Å²) in [7, 11) is 0. The van der Waals surface area contributed by atoms with Gasteiger partial charge in [0.25, 0.3) is 0 Å². The maximum absolute atomic E-state index is 12.0. The first-order chi connectivity index (χ1) is 14.2. The Bertz CT molecular complexity index is 826. The van der Waals surface area contributed by atoms with Gasteiger partial charge >= 0.3 is 6.03 Å². The highest BCUT2D eigenvalue weighted by Crippen LogP contribution is 2.15. The third-order valence-electron chi connectivity index (χ3n) is 5.01. The fraction of sp³-hybridized carbons (Fsp3) is 0.391. The molecule has 0 unspecified atom stereocenters. The van der Waals surface area contributed by atoms with Crippen LogP contribution in [0.4, 0.5) is 4.79 Å². The number of nitriles is 1. The highest BCUT2D eigenvalue weighted by molar-refractivity contribution is 7.98. The number of nitrogens with one attached hydrogen (secondary N) is 2. The Labute approximate surface area is 177 Å². The van der Waals surface area contributed by atoms with Crippen molar-refractivity contribution in [3.63, 3.8) is 0 Å². The fourth-order valence-corrected chi connectivity index (χ4v) is 4.24. The van der Waals surface area contributed by atoms with Crippen molar-refractivity contribution in [2.45, 2.75) is 31.7 Å². The van der Waals surface area contributed by atoms with Crippen molar-refractivity contribution < 1.29 is 4.79 Å². The summed E-state index contributed by atoms with van der Waals surface area (Å²) in [6.07, 6.45) is 2.62. The smallest absolute Gasteiger partial charge is 0.315 e. The number of carbonyl (C=O) groups is 1. The SMILES string of the molecule is N#Cc1ccccc1CSCCNC(=O)NCc1ccc(CN2CCCC2)cc1. The Morgan fingerprint density at radius 3 is 2.52 bits per heavy atom. The molecule has 1 heterocycles. The van der Waals surface area contributed by atoms with E-state index < -0.39 is 0 Å². The number of likely N-dealkylation sites (tertiary alicyclic amines) is 1. The Hall–Kier alpha value is -2.49. The lowest BCUT2D eigenvalue weighted by atomic mass is 10.1. The largest absolute Gasteiger partial charge is 0.337 e. The number of hydrogen-bond donors (Lipinski definition) is 2. The second-order valence-corrected chi connectivity index (χ2v) is 8.34. The van der Waals surface area contributed by atoms with Crippen LogP contribution in [-0.2, 0) is 18.8 Å². The second-order valence-electron chi connectivity index (χ2n) is 7.23. The Kier molecular flexibility index (Phi) is 8.41. The lowest BCUT2D eigenvalue weighted by Gasteiger charge is -2.14. The van der Waals surface area contributed by atoms with Gasteiger partial charge in [0.15, 0.2) is 0 Å². The summed E-state index contributed by atoms with van der Waals surface area (Å²) >= 11 is 1.71. The van der Waals surface area contributed by atoms with Gasteiger partial charge in [0, 0.05) is 31.1 Å². The lowest BCUT2D eigenvalue weighted by molar-refractivity contribution is 0.241. The summed E-state index contributed by atoms with van der Waals surface area (Å²) < 4.78 is 0. The zero-order valence-electron chi connectivity index (χ0n) is 16.7. The molecule has 0 bridgehead atoms. The molecule has 0 saturated carbocycles. The molecule has 6 heteroatoms. The molecular formula is C23H28N4OS. The van der Waals surface area contributed by atoms with Crippen LogP contribution in [0, 0.1) is 11.3 Å². The maximum atomic E-state index is 12.0. The number of amides is 2. The monoisotopic (exact) mass is 408 g/mol. The summed E-state index contributed by atoms with van der Waals surface area (Å²) in [6.45, 7) is 4.54. The van der Waals surface area contributed by atoms with E-state index >= 15 is 0 Å². The van der Waals surface area contributed by atoms with Crippen LogP contribution in [0.3, 0.4) is 0 Å². The number of hydrogen-bond acceptors (Lipinski definition) is 4. The fourth-order valence-electron chi connectivity index (χ4n) is 3.38. The molecule has 1 aliphatic heterocycles. The molecule has 2 amide bonds. The number of thioether (sulfide) groups is 1. The Morgan fingerprint density at radius 1 is 1.03 bits per heavy atom. The van der Waals surface area contributed by atoms with Crippen LogP contribution in [-0.4, -0.2) is 36.3 Å². The minimum Gasteiger partial charge on any atom is -0.337 e. The van der Waals surface area contributed by atoms with Crippen molar-refractivity contribution in [3.05, 3.63) is 70.8 Å². The van der Waals surface area contributed by atoms with Gasteiger partial charge in [0.05, 0.1) is 11.6 Å². The van der Waals surface area contributed by atoms with Gasteiger partial charge in [-0.3, -0.25) is 4.90 Å². The van der Waals surface area contributed by atoms with E-state index in [2.05, 4.69) is 45.9 Å². The number of rotatable bonds is 9. The standard InChI is InChI=1S/C23H28N4OS/c24-15-21-5-1-2-6-22(21)18-29-14-11-25-23(28)26-16-19-7-9-20(10-8-19)17-27-12-3-4-13-27/h1-2,5-10H,3-4,11-14,16-18H2,(H2,25,26,28). The molecule has 1 fully saturated rings. The predicted molar refractivity (Wildman–Crippen MR) is 119 cm³/mol. The molecule has 1 saturated heterocycles. The molecule has 152 valence electrons. The van der Waals surface area contributed by atoms with E-state index in [1.807, 2.05) is 24.3 Å². The summed E-state index contributed by atoms with van der Waals surface area (Å²) in [5.74, 6) is 1.58. The molecule has 0 spiro atoms. The highest BCUT2D eigenvalue weighted by atomic mass is 32.2. The molecule has 2 aromatic carbocycles. The van der Waals surface area contributed by atoms with Crippen LogP contribution in [0.15, 0.2) is 48.5 Å². The zero-order valence-corrected chi connectivity index (χ0v) is 17.5. The third kappa shape index (κ3) is 7.12. The third-order valence-corrected chi connectivity index (χ3v) is 6.02. The average molecular weight is 409 g/mol. The van der Waals surface area contributed by atoms with Crippen molar-refractivity contribution in [3.8, 4) is 6.07 Å². The van der Waals surface area contributed by atoms with Gasteiger partial charge in [-0.1, -0.05) is 42.5 Å². The first-order valence-corrected chi connectivity index (χ1v) is 11.3. The molecule has 0 aliphatic carbocycles. The lowest BCUT2D eigenvalue weighted by Crippen LogP contribution is -2.36. The van der Waals surface area contributed by atoms with E-state index in [-0.39, 0.29) is 6.03 Å². The van der Waals surface area contributed by atoms with E-state index in [1.165, 1.54) is 31.5 Å². The minimum absolute atomic E-state index is 0.149. The van der Waals surface area contributed by atoms with Gasteiger partial charge in [-0.2, -0.15) is 17.0 Å². The molecule has 0 radical (unpaired) electrons. The van der Waals surface area contributed by atoms with E-state index in [0.29, 0.717) is 13.1 Å². The Balaban J connectivity index is 1.29.